The number of aromatic nitrogens is 1. The lowest BCUT2D eigenvalue weighted by atomic mass is 10.2. The molecule has 100 valence electrons. The summed E-state index contributed by atoms with van der Waals surface area (Å²) >= 11 is 0. The molecule has 1 heterocycles. The predicted molar refractivity (Wildman–Crippen MR) is 72.6 cm³/mol. The third-order valence-corrected chi connectivity index (χ3v) is 4.15. The van der Waals surface area contributed by atoms with Crippen LogP contribution in [0.15, 0.2) is 53.6 Å². The average Bonchev–Trinajstić information content (AvgIpc) is 2.46. The van der Waals surface area contributed by atoms with Crippen LogP contribution in [0.5, 0.6) is 0 Å². The summed E-state index contributed by atoms with van der Waals surface area (Å²) in [5.41, 5.74) is 6.81. The number of nitrogens with one attached hydrogen (secondary N) is 1. The van der Waals surface area contributed by atoms with Gasteiger partial charge in [0, 0.05) is 12.7 Å². The van der Waals surface area contributed by atoms with Gasteiger partial charge in [-0.25, -0.2) is 13.1 Å². The molecule has 6 heteroatoms. The Bertz CT molecular complexity index is 642. The van der Waals surface area contributed by atoms with Crippen molar-refractivity contribution in [2.45, 2.75) is 18.0 Å². The molecule has 0 aliphatic carbocycles. The molecular formula is C13H15N3O2S. The number of nitrogens with two attached hydrogens (primary N) is 1. The van der Waals surface area contributed by atoms with Crippen LogP contribution in [0, 0.1) is 0 Å². The summed E-state index contributed by atoms with van der Waals surface area (Å²) in [4.78, 5) is 4.28. The second-order valence-corrected chi connectivity index (χ2v) is 5.69. The van der Waals surface area contributed by atoms with Gasteiger partial charge in [-0.05, 0) is 23.8 Å². The van der Waals surface area contributed by atoms with E-state index in [2.05, 4.69) is 9.71 Å². The minimum atomic E-state index is -3.57. The molecule has 0 saturated carbocycles. The van der Waals surface area contributed by atoms with Crippen molar-refractivity contribution < 1.29 is 8.42 Å². The van der Waals surface area contributed by atoms with Crippen LogP contribution in [0.4, 0.5) is 0 Å². The normalized spacial score (nSPS) is 11.4. The van der Waals surface area contributed by atoms with E-state index in [0.717, 1.165) is 0 Å². The minimum absolute atomic E-state index is 0.155. The van der Waals surface area contributed by atoms with Crippen LogP contribution in [-0.4, -0.2) is 13.4 Å². The van der Waals surface area contributed by atoms with Gasteiger partial charge in [-0.1, -0.05) is 24.3 Å². The van der Waals surface area contributed by atoms with Gasteiger partial charge in [0.1, 0.15) is 0 Å². The Labute approximate surface area is 112 Å². The van der Waals surface area contributed by atoms with E-state index in [1.54, 1.807) is 42.6 Å². The molecule has 2 rings (SSSR count). The van der Waals surface area contributed by atoms with E-state index in [1.165, 1.54) is 0 Å². The summed E-state index contributed by atoms with van der Waals surface area (Å²) in [6.45, 7) is 0.336. The molecule has 0 bridgehead atoms. The molecule has 0 aliphatic heterocycles. The molecule has 1 aromatic carbocycles. The van der Waals surface area contributed by atoms with Gasteiger partial charge in [0.15, 0.2) is 0 Å². The zero-order chi connectivity index (χ0) is 13.7. The Morgan fingerprint density at radius 1 is 1.11 bits per heavy atom. The van der Waals surface area contributed by atoms with Crippen molar-refractivity contribution in [1.82, 2.24) is 9.71 Å². The first-order chi connectivity index (χ1) is 9.13. The van der Waals surface area contributed by atoms with Crippen LogP contribution in [0.1, 0.15) is 11.3 Å². The lowest BCUT2D eigenvalue weighted by Crippen LogP contribution is -2.25. The topological polar surface area (TPSA) is 85.1 Å². The van der Waals surface area contributed by atoms with Gasteiger partial charge >= 0.3 is 0 Å². The van der Waals surface area contributed by atoms with E-state index in [-0.39, 0.29) is 18.0 Å². The molecule has 0 atom stereocenters. The monoisotopic (exact) mass is 277 g/mol. The van der Waals surface area contributed by atoms with Crippen molar-refractivity contribution in [2.24, 2.45) is 5.73 Å². The van der Waals surface area contributed by atoms with Crippen molar-refractivity contribution in [3.05, 3.63) is 59.9 Å². The third-order valence-electron chi connectivity index (χ3n) is 2.65. The summed E-state index contributed by atoms with van der Waals surface area (Å²) < 4.78 is 26.9. The van der Waals surface area contributed by atoms with Gasteiger partial charge in [-0.3, -0.25) is 4.98 Å². The summed E-state index contributed by atoms with van der Waals surface area (Å²) in [6.07, 6.45) is 1.62. The van der Waals surface area contributed by atoms with Crippen LogP contribution in [0.2, 0.25) is 0 Å². The quantitative estimate of drug-likeness (QED) is 0.854. The van der Waals surface area contributed by atoms with Crippen molar-refractivity contribution in [2.75, 3.05) is 0 Å². The van der Waals surface area contributed by atoms with Crippen molar-refractivity contribution in [1.29, 1.82) is 0 Å². The molecule has 0 saturated heterocycles. The molecule has 0 radical (unpaired) electrons. The van der Waals surface area contributed by atoms with Gasteiger partial charge < -0.3 is 5.73 Å². The van der Waals surface area contributed by atoms with Gasteiger partial charge in [-0.15, -0.1) is 0 Å². The summed E-state index contributed by atoms with van der Waals surface area (Å²) in [5.74, 6) is 0. The zero-order valence-corrected chi connectivity index (χ0v) is 11.1. The van der Waals surface area contributed by atoms with E-state index in [9.17, 15) is 8.42 Å². The fraction of sp³-hybridized carbons (Fsp3) is 0.154. The maximum absolute atomic E-state index is 12.2. The number of nitrogens with zero attached hydrogens (tertiary/aromatic N) is 1. The second kappa shape index (κ2) is 5.92. The molecule has 0 unspecified atom stereocenters. The summed E-state index contributed by atoms with van der Waals surface area (Å²) in [7, 11) is -3.57. The first-order valence-electron chi connectivity index (χ1n) is 5.81. The van der Waals surface area contributed by atoms with Crippen LogP contribution in [-0.2, 0) is 23.1 Å². The average molecular weight is 277 g/mol. The van der Waals surface area contributed by atoms with Crippen molar-refractivity contribution >= 4 is 10.0 Å². The Morgan fingerprint density at radius 2 is 1.84 bits per heavy atom. The van der Waals surface area contributed by atoms with Gasteiger partial charge in [0.05, 0.1) is 17.1 Å². The predicted octanol–water partition coefficient (Wildman–Crippen LogP) is 1.02. The third kappa shape index (κ3) is 3.37. The van der Waals surface area contributed by atoms with Crippen LogP contribution < -0.4 is 10.5 Å². The molecule has 0 spiro atoms. The fourth-order valence-electron chi connectivity index (χ4n) is 1.68. The fourth-order valence-corrected chi connectivity index (χ4v) is 2.93. The number of hydrogen-bond acceptors (Lipinski definition) is 4. The maximum Gasteiger partial charge on any atom is 0.241 e. The summed E-state index contributed by atoms with van der Waals surface area (Å²) in [6, 6.07) is 12.0. The first-order valence-corrected chi connectivity index (χ1v) is 7.29. The molecule has 5 nitrogen and oxygen atoms in total. The van der Waals surface area contributed by atoms with E-state index < -0.39 is 10.0 Å². The van der Waals surface area contributed by atoms with E-state index in [4.69, 9.17) is 5.73 Å². The molecule has 0 aliphatic rings. The van der Waals surface area contributed by atoms with Gasteiger partial charge in [0.25, 0.3) is 0 Å². The van der Waals surface area contributed by atoms with Gasteiger partial charge in [-0.2, -0.15) is 0 Å². The molecule has 3 N–H and O–H groups in total. The van der Waals surface area contributed by atoms with E-state index in [1.807, 2.05) is 6.07 Å². The summed E-state index contributed by atoms with van der Waals surface area (Å²) in [5, 5.41) is 0. The SMILES string of the molecule is NCc1ccccc1S(=O)(=O)NCc1ccccn1. The van der Waals surface area contributed by atoms with Crippen molar-refractivity contribution in [3.63, 3.8) is 0 Å². The number of hydrogen-bond donors (Lipinski definition) is 2. The molecule has 19 heavy (non-hydrogen) atoms. The number of benzene rings is 1. The Morgan fingerprint density at radius 3 is 2.53 bits per heavy atom. The Kier molecular flexibility index (Phi) is 4.26. The first kappa shape index (κ1) is 13.7. The maximum atomic E-state index is 12.2. The molecule has 1 aromatic heterocycles. The molecular weight excluding hydrogens is 262 g/mol. The standard InChI is InChI=1S/C13H15N3O2S/c14-9-11-5-1-2-7-13(11)19(17,18)16-10-12-6-3-4-8-15-12/h1-8,16H,9-10,14H2. The molecule has 0 fully saturated rings. The highest BCUT2D eigenvalue weighted by molar-refractivity contribution is 7.89. The van der Waals surface area contributed by atoms with Crippen molar-refractivity contribution in [3.8, 4) is 0 Å². The van der Waals surface area contributed by atoms with Gasteiger partial charge in [0.2, 0.25) is 10.0 Å². The number of sulfonamides is 1. The lowest BCUT2D eigenvalue weighted by molar-refractivity contribution is 0.579. The van der Waals surface area contributed by atoms with E-state index in [0.29, 0.717) is 11.3 Å². The minimum Gasteiger partial charge on any atom is -0.326 e. The molecule has 0 amide bonds. The Hall–Kier alpha value is -1.76. The molecule has 2 aromatic rings. The number of pyridine rings is 1. The Balaban J connectivity index is 2.19. The largest absolute Gasteiger partial charge is 0.326 e. The zero-order valence-electron chi connectivity index (χ0n) is 10.3. The van der Waals surface area contributed by atoms with Crippen LogP contribution in [0.3, 0.4) is 0 Å². The van der Waals surface area contributed by atoms with Crippen LogP contribution >= 0.6 is 0 Å². The van der Waals surface area contributed by atoms with Crippen LogP contribution in [0.25, 0.3) is 0 Å². The highest BCUT2D eigenvalue weighted by atomic mass is 32.2. The van der Waals surface area contributed by atoms with E-state index >= 15 is 0 Å². The number of rotatable bonds is 5. The highest BCUT2D eigenvalue weighted by Gasteiger charge is 2.16. The lowest BCUT2D eigenvalue weighted by Gasteiger charge is -2.09. The highest BCUT2D eigenvalue weighted by Crippen LogP contribution is 2.14. The second-order valence-electron chi connectivity index (χ2n) is 3.96. The smallest absolute Gasteiger partial charge is 0.241 e.